The lowest BCUT2D eigenvalue weighted by atomic mass is 10.1. The summed E-state index contributed by atoms with van der Waals surface area (Å²) >= 11 is 0. The van der Waals surface area contributed by atoms with Gasteiger partial charge in [-0.1, -0.05) is 12.1 Å². The van der Waals surface area contributed by atoms with Gasteiger partial charge in [-0.3, -0.25) is 4.90 Å². The third-order valence-corrected chi connectivity index (χ3v) is 3.37. The van der Waals surface area contributed by atoms with Crippen LogP contribution >= 0.6 is 0 Å². The smallest absolute Gasteiger partial charge is 0.123 e. The topological polar surface area (TPSA) is 41.3 Å². The van der Waals surface area contributed by atoms with E-state index in [1.54, 1.807) is 18.3 Å². The molecule has 0 fully saturated rings. The van der Waals surface area contributed by atoms with Crippen molar-refractivity contribution in [3.05, 3.63) is 53.9 Å². The Balaban J connectivity index is 1.82. The molecule has 0 aliphatic heterocycles. The Kier molecular flexibility index (Phi) is 4.87. The predicted octanol–water partition coefficient (Wildman–Crippen LogP) is 2.11. The summed E-state index contributed by atoms with van der Waals surface area (Å²) in [5.41, 5.74) is 0.747. The molecule has 1 aromatic heterocycles. The molecule has 5 heteroatoms. The highest BCUT2D eigenvalue weighted by atomic mass is 19.1. The van der Waals surface area contributed by atoms with Crippen LogP contribution in [0.1, 0.15) is 23.9 Å². The van der Waals surface area contributed by atoms with E-state index in [9.17, 15) is 9.50 Å². The number of aromatic nitrogens is 2. The minimum Gasteiger partial charge on any atom is -0.388 e. The molecule has 0 spiro atoms. The lowest BCUT2D eigenvalue weighted by Crippen LogP contribution is -2.22. The molecule has 1 unspecified atom stereocenters. The van der Waals surface area contributed by atoms with Crippen LogP contribution in [-0.2, 0) is 13.6 Å². The minimum atomic E-state index is -0.570. The molecule has 2 rings (SSSR count). The second-order valence-electron chi connectivity index (χ2n) is 5.05. The van der Waals surface area contributed by atoms with Crippen molar-refractivity contribution in [2.75, 3.05) is 13.6 Å². The van der Waals surface area contributed by atoms with E-state index in [2.05, 4.69) is 9.88 Å². The summed E-state index contributed by atoms with van der Waals surface area (Å²) in [7, 11) is 3.95. The fourth-order valence-corrected chi connectivity index (χ4v) is 2.06. The van der Waals surface area contributed by atoms with Crippen molar-refractivity contribution in [1.29, 1.82) is 0 Å². The van der Waals surface area contributed by atoms with Gasteiger partial charge in [-0.2, -0.15) is 0 Å². The van der Waals surface area contributed by atoms with Crippen LogP contribution in [-0.4, -0.2) is 33.1 Å². The van der Waals surface area contributed by atoms with Gasteiger partial charge < -0.3 is 9.67 Å². The van der Waals surface area contributed by atoms with Gasteiger partial charge in [0.1, 0.15) is 11.6 Å². The summed E-state index contributed by atoms with van der Waals surface area (Å²) in [6.45, 7) is 1.48. The van der Waals surface area contributed by atoms with Crippen LogP contribution in [0.25, 0.3) is 0 Å². The fraction of sp³-hybridized carbons (Fsp3) is 0.400. The van der Waals surface area contributed by atoms with Crippen molar-refractivity contribution in [3.8, 4) is 0 Å². The highest BCUT2D eigenvalue weighted by Crippen LogP contribution is 2.17. The van der Waals surface area contributed by atoms with Crippen LogP contribution in [0.4, 0.5) is 4.39 Å². The van der Waals surface area contributed by atoms with Gasteiger partial charge in [-0.15, -0.1) is 0 Å². The van der Waals surface area contributed by atoms with Crippen LogP contribution in [0.15, 0.2) is 36.7 Å². The highest BCUT2D eigenvalue weighted by Gasteiger charge is 2.10. The van der Waals surface area contributed by atoms with E-state index < -0.39 is 6.10 Å². The number of aryl methyl sites for hydroxylation is 1. The van der Waals surface area contributed by atoms with Crippen molar-refractivity contribution >= 4 is 0 Å². The van der Waals surface area contributed by atoms with E-state index >= 15 is 0 Å². The van der Waals surface area contributed by atoms with Crippen molar-refractivity contribution < 1.29 is 9.50 Å². The van der Waals surface area contributed by atoms with Crippen LogP contribution in [0, 0.1) is 5.82 Å². The number of hydrogen-bond donors (Lipinski definition) is 1. The molecular formula is C15H20FN3O. The van der Waals surface area contributed by atoms with E-state index in [4.69, 9.17) is 0 Å². The van der Waals surface area contributed by atoms with Gasteiger partial charge in [0, 0.05) is 26.0 Å². The molecule has 20 heavy (non-hydrogen) atoms. The maximum atomic E-state index is 12.8. The first-order chi connectivity index (χ1) is 9.56. The number of aliphatic hydroxyl groups is 1. The van der Waals surface area contributed by atoms with Crippen LogP contribution in [0.2, 0.25) is 0 Å². The normalized spacial score (nSPS) is 12.8. The van der Waals surface area contributed by atoms with E-state index in [-0.39, 0.29) is 5.82 Å². The standard InChI is InChI=1S/C15H20FN3O/c1-18(11-15-17-8-10-19(15)2)9-7-14(20)12-3-5-13(16)6-4-12/h3-6,8,10,14,20H,7,9,11H2,1-2H3. The third-order valence-electron chi connectivity index (χ3n) is 3.37. The van der Waals surface area contributed by atoms with Crippen molar-refractivity contribution in [2.45, 2.75) is 19.1 Å². The third kappa shape index (κ3) is 3.88. The quantitative estimate of drug-likeness (QED) is 0.879. The second-order valence-corrected chi connectivity index (χ2v) is 5.05. The maximum Gasteiger partial charge on any atom is 0.123 e. The predicted molar refractivity (Wildman–Crippen MR) is 75.5 cm³/mol. The Morgan fingerprint density at radius 3 is 2.65 bits per heavy atom. The molecule has 108 valence electrons. The number of imidazole rings is 1. The molecule has 2 aromatic rings. The summed E-state index contributed by atoms with van der Waals surface area (Å²) in [6, 6.07) is 5.99. The monoisotopic (exact) mass is 277 g/mol. The van der Waals surface area contributed by atoms with E-state index in [0.717, 1.165) is 24.5 Å². The maximum absolute atomic E-state index is 12.8. The van der Waals surface area contributed by atoms with Crippen LogP contribution in [0.3, 0.4) is 0 Å². The summed E-state index contributed by atoms with van der Waals surface area (Å²) in [5, 5.41) is 10.1. The molecule has 0 aliphatic rings. The molecule has 0 aliphatic carbocycles. The number of rotatable bonds is 6. The SMILES string of the molecule is CN(CCC(O)c1ccc(F)cc1)Cc1nccn1C. The minimum absolute atomic E-state index is 0.284. The number of aliphatic hydroxyl groups excluding tert-OH is 1. The van der Waals surface area contributed by atoms with Gasteiger partial charge in [0.05, 0.1) is 12.6 Å². The Morgan fingerprint density at radius 2 is 2.05 bits per heavy atom. The van der Waals surface area contributed by atoms with Gasteiger partial charge in [-0.05, 0) is 31.2 Å². The van der Waals surface area contributed by atoms with Crippen LogP contribution in [0.5, 0.6) is 0 Å². The lowest BCUT2D eigenvalue weighted by Gasteiger charge is -2.18. The Bertz CT molecular complexity index is 538. The summed E-state index contributed by atoms with van der Waals surface area (Å²) < 4.78 is 14.8. The number of halogens is 1. The zero-order valence-electron chi connectivity index (χ0n) is 11.8. The molecule has 4 nitrogen and oxygen atoms in total. The molecule has 0 saturated carbocycles. The van der Waals surface area contributed by atoms with Gasteiger partial charge >= 0.3 is 0 Å². The molecule has 0 bridgehead atoms. The molecule has 1 atom stereocenters. The van der Waals surface area contributed by atoms with Gasteiger partial charge in [0.25, 0.3) is 0 Å². The van der Waals surface area contributed by atoms with Gasteiger partial charge in [-0.25, -0.2) is 9.37 Å². The van der Waals surface area contributed by atoms with E-state index in [1.165, 1.54) is 12.1 Å². The van der Waals surface area contributed by atoms with E-state index in [1.807, 2.05) is 24.9 Å². The molecule has 0 saturated heterocycles. The lowest BCUT2D eigenvalue weighted by molar-refractivity contribution is 0.146. The molecule has 1 heterocycles. The first kappa shape index (κ1) is 14.7. The second kappa shape index (κ2) is 6.63. The van der Waals surface area contributed by atoms with E-state index in [0.29, 0.717) is 6.42 Å². The zero-order chi connectivity index (χ0) is 14.5. The van der Waals surface area contributed by atoms with Gasteiger partial charge in [0.15, 0.2) is 0 Å². The molecule has 1 aromatic carbocycles. The average Bonchev–Trinajstić information content (AvgIpc) is 2.82. The highest BCUT2D eigenvalue weighted by molar-refractivity contribution is 5.18. The zero-order valence-corrected chi connectivity index (χ0v) is 11.8. The largest absolute Gasteiger partial charge is 0.388 e. The van der Waals surface area contributed by atoms with Gasteiger partial charge in [0.2, 0.25) is 0 Å². The number of benzene rings is 1. The van der Waals surface area contributed by atoms with Crippen molar-refractivity contribution in [1.82, 2.24) is 14.5 Å². The number of hydrogen-bond acceptors (Lipinski definition) is 3. The van der Waals surface area contributed by atoms with Crippen molar-refractivity contribution in [2.24, 2.45) is 7.05 Å². The molecule has 0 radical (unpaired) electrons. The first-order valence-corrected chi connectivity index (χ1v) is 6.64. The first-order valence-electron chi connectivity index (χ1n) is 6.64. The average molecular weight is 277 g/mol. The molecule has 1 N–H and O–H groups in total. The Morgan fingerprint density at radius 1 is 1.35 bits per heavy atom. The summed E-state index contributed by atoms with van der Waals surface area (Å²) in [4.78, 5) is 6.37. The fourth-order valence-electron chi connectivity index (χ4n) is 2.06. The Labute approximate surface area is 118 Å². The molecule has 0 amide bonds. The summed E-state index contributed by atoms with van der Waals surface area (Å²) in [6.07, 6.45) is 3.72. The summed E-state index contributed by atoms with van der Waals surface area (Å²) in [5.74, 6) is 0.705. The Hall–Kier alpha value is -1.72. The number of nitrogens with zero attached hydrogens (tertiary/aromatic N) is 3. The molecular weight excluding hydrogens is 257 g/mol. The van der Waals surface area contributed by atoms with Crippen LogP contribution < -0.4 is 0 Å². The van der Waals surface area contributed by atoms with Crippen molar-refractivity contribution in [3.63, 3.8) is 0 Å².